The molecule has 1 unspecified atom stereocenters. The molecule has 0 spiro atoms. The fourth-order valence-electron chi connectivity index (χ4n) is 2.00. The Morgan fingerprint density at radius 3 is 2.24 bits per heavy atom. The van der Waals surface area contributed by atoms with Crippen molar-refractivity contribution in [3.8, 4) is 5.75 Å². The summed E-state index contributed by atoms with van der Waals surface area (Å²) in [5.74, 6) is 0.0238. The number of rotatable bonds is 4. The molecule has 4 nitrogen and oxygen atoms in total. The first-order valence-electron chi connectivity index (χ1n) is 6.35. The minimum Gasteiger partial charge on any atom is -0.508 e. The molecule has 0 heterocycles. The third kappa shape index (κ3) is 3.20. The van der Waals surface area contributed by atoms with Gasteiger partial charge in [-0.15, -0.1) is 0 Å². The van der Waals surface area contributed by atoms with Gasteiger partial charge in [0.05, 0.1) is 4.90 Å². The number of sulfonamides is 1. The summed E-state index contributed by atoms with van der Waals surface area (Å²) in [5.41, 5.74) is 0.740. The Morgan fingerprint density at radius 2 is 1.67 bits per heavy atom. The number of aromatic hydroxyl groups is 1. The SMILES string of the molecule is CC(c1ccccc1Cl)N(C)S(=O)(=O)c1ccc(O)cc1. The smallest absolute Gasteiger partial charge is 0.243 e. The van der Waals surface area contributed by atoms with Crippen molar-refractivity contribution < 1.29 is 13.5 Å². The predicted octanol–water partition coefficient (Wildman–Crippen LogP) is 3.43. The highest BCUT2D eigenvalue weighted by Crippen LogP contribution is 2.30. The molecular weight excluding hydrogens is 310 g/mol. The van der Waals surface area contributed by atoms with Crippen molar-refractivity contribution in [3.05, 3.63) is 59.1 Å². The van der Waals surface area contributed by atoms with Gasteiger partial charge in [-0.25, -0.2) is 8.42 Å². The van der Waals surface area contributed by atoms with Gasteiger partial charge in [-0.1, -0.05) is 29.8 Å². The Kier molecular flexibility index (Phi) is 4.56. The first-order valence-corrected chi connectivity index (χ1v) is 8.17. The highest BCUT2D eigenvalue weighted by Gasteiger charge is 2.27. The van der Waals surface area contributed by atoms with Crippen LogP contribution in [0.1, 0.15) is 18.5 Å². The second-order valence-corrected chi connectivity index (χ2v) is 7.12. The van der Waals surface area contributed by atoms with Crippen LogP contribution in [0.3, 0.4) is 0 Å². The van der Waals surface area contributed by atoms with Gasteiger partial charge in [-0.2, -0.15) is 4.31 Å². The first-order chi connectivity index (χ1) is 9.84. The second kappa shape index (κ2) is 6.05. The lowest BCUT2D eigenvalue weighted by Gasteiger charge is -2.25. The van der Waals surface area contributed by atoms with Crippen molar-refractivity contribution in [2.24, 2.45) is 0 Å². The van der Waals surface area contributed by atoms with Crippen LogP contribution in [0.4, 0.5) is 0 Å². The molecular formula is C15H16ClNO3S. The number of phenols is 1. The fourth-order valence-corrected chi connectivity index (χ4v) is 3.64. The normalized spacial score (nSPS) is 13.3. The van der Waals surface area contributed by atoms with Gasteiger partial charge >= 0.3 is 0 Å². The lowest BCUT2D eigenvalue weighted by atomic mass is 10.1. The molecule has 0 fully saturated rings. The maximum Gasteiger partial charge on any atom is 0.243 e. The van der Waals surface area contributed by atoms with Gasteiger partial charge in [0.2, 0.25) is 10.0 Å². The summed E-state index contributed by atoms with van der Waals surface area (Å²) in [6.07, 6.45) is 0. The van der Waals surface area contributed by atoms with E-state index >= 15 is 0 Å². The van der Waals surface area contributed by atoms with Crippen molar-refractivity contribution in [1.29, 1.82) is 0 Å². The van der Waals surface area contributed by atoms with E-state index in [9.17, 15) is 13.5 Å². The van der Waals surface area contributed by atoms with Crippen LogP contribution in [0.15, 0.2) is 53.4 Å². The third-order valence-electron chi connectivity index (χ3n) is 3.41. The van der Waals surface area contributed by atoms with Crippen LogP contribution < -0.4 is 0 Å². The molecule has 6 heteroatoms. The summed E-state index contributed by atoms with van der Waals surface area (Å²) in [5, 5.41) is 9.78. The highest BCUT2D eigenvalue weighted by atomic mass is 35.5. The van der Waals surface area contributed by atoms with Crippen molar-refractivity contribution in [2.45, 2.75) is 17.9 Å². The number of benzene rings is 2. The maximum atomic E-state index is 12.6. The fraction of sp³-hybridized carbons (Fsp3) is 0.200. The van der Waals surface area contributed by atoms with Crippen molar-refractivity contribution >= 4 is 21.6 Å². The molecule has 0 saturated heterocycles. The number of nitrogens with zero attached hydrogens (tertiary/aromatic N) is 1. The molecule has 21 heavy (non-hydrogen) atoms. The highest BCUT2D eigenvalue weighted by molar-refractivity contribution is 7.89. The lowest BCUT2D eigenvalue weighted by molar-refractivity contribution is 0.398. The van der Waals surface area contributed by atoms with Crippen molar-refractivity contribution in [1.82, 2.24) is 4.31 Å². The van der Waals surface area contributed by atoms with E-state index in [1.54, 1.807) is 25.1 Å². The molecule has 0 amide bonds. The average Bonchev–Trinajstić information content (AvgIpc) is 2.46. The Bertz CT molecular complexity index is 729. The molecule has 0 bridgehead atoms. The molecule has 1 atom stereocenters. The number of phenolic OH excluding ortho intramolecular Hbond substituents is 1. The number of hydrogen-bond acceptors (Lipinski definition) is 3. The third-order valence-corrected chi connectivity index (χ3v) is 5.70. The predicted molar refractivity (Wildman–Crippen MR) is 82.9 cm³/mol. The van der Waals surface area contributed by atoms with E-state index in [0.29, 0.717) is 5.02 Å². The standard InChI is InChI=1S/C15H16ClNO3S/c1-11(14-5-3-4-6-15(14)16)17(2)21(19,20)13-9-7-12(18)8-10-13/h3-11,18H,1-2H3. The molecule has 112 valence electrons. The van der Waals surface area contributed by atoms with Crippen molar-refractivity contribution in [2.75, 3.05) is 7.05 Å². The van der Waals surface area contributed by atoms with E-state index in [1.165, 1.54) is 35.6 Å². The summed E-state index contributed by atoms with van der Waals surface area (Å²) in [4.78, 5) is 0.127. The van der Waals surface area contributed by atoms with Gasteiger partial charge in [0, 0.05) is 18.1 Å². The van der Waals surface area contributed by atoms with E-state index in [0.717, 1.165) is 5.56 Å². The first kappa shape index (κ1) is 15.8. The van der Waals surface area contributed by atoms with E-state index < -0.39 is 16.1 Å². The maximum absolute atomic E-state index is 12.6. The minimum atomic E-state index is -3.66. The van der Waals surface area contributed by atoms with Gasteiger partial charge < -0.3 is 5.11 Å². The Hall–Kier alpha value is -1.56. The van der Waals surface area contributed by atoms with Crippen LogP contribution in [0.2, 0.25) is 5.02 Å². The molecule has 0 aliphatic carbocycles. The van der Waals surface area contributed by atoms with E-state index in [-0.39, 0.29) is 10.6 Å². The summed E-state index contributed by atoms with van der Waals surface area (Å²) < 4.78 is 26.4. The quantitative estimate of drug-likeness (QED) is 0.937. The van der Waals surface area contributed by atoms with Crippen LogP contribution in [0, 0.1) is 0 Å². The van der Waals surface area contributed by atoms with Gasteiger partial charge in [-0.05, 0) is 42.8 Å². The molecule has 2 rings (SSSR count). The van der Waals surface area contributed by atoms with Gasteiger partial charge in [0.25, 0.3) is 0 Å². The van der Waals surface area contributed by atoms with E-state index in [4.69, 9.17) is 11.6 Å². The van der Waals surface area contributed by atoms with E-state index in [1.807, 2.05) is 6.07 Å². The second-order valence-electron chi connectivity index (χ2n) is 4.71. The Labute approximate surface area is 129 Å². The molecule has 0 radical (unpaired) electrons. The van der Waals surface area contributed by atoms with Crippen molar-refractivity contribution in [3.63, 3.8) is 0 Å². The molecule has 2 aromatic carbocycles. The zero-order valence-corrected chi connectivity index (χ0v) is 13.3. The number of hydrogen-bond donors (Lipinski definition) is 1. The monoisotopic (exact) mass is 325 g/mol. The lowest BCUT2D eigenvalue weighted by Crippen LogP contribution is -2.29. The molecule has 1 N–H and O–H groups in total. The van der Waals surface area contributed by atoms with Gasteiger partial charge in [0.1, 0.15) is 5.75 Å². The zero-order chi connectivity index (χ0) is 15.6. The van der Waals surface area contributed by atoms with E-state index in [2.05, 4.69) is 0 Å². The van der Waals surface area contributed by atoms with Crippen LogP contribution >= 0.6 is 11.6 Å². The number of halogens is 1. The molecule has 0 aromatic heterocycles. The zero-order valence-electron chi connectivity index (χ0n) is 11.7. The van der Waals surface area contributed by atoms with Crippen LogP contribution in [0.5, 0.6) is 5.75 Å². The van der Waals surface area contributed by atoms with Gasteiger partial charge in [0.15, 0.2) is 0 Å². The summed E-state index contributed by atoms with van der Waals surface area (Å²) in [6, 6.07) is 12.2. The molecule has 2 aromatic rings. The molecule has 0 aliphatic heterocycles. The van der Waals surface area contributed by atoms with Crippen LogP contribution in [0.25, 0.3) is 0 Å². The summed E-state index contributed by atoms with van der Waals surface area (Å²) in [6.45, 7) is 1.78. The summed E-state index contributed by atoms with van der Waals surface area (Å²) in [7, 11) is -2.15. The van der Waals surface area contributed by atoms with Crippen LogP contribution in [-0.2, 0) is 10.0 Å². The van der Waals surface area contributed by atoms with Crippen LogP contribution in [-0.4, -0.2) is 24.9 Å². The van der Waals surface area contributed by atoms with Gasteiger partial charge in [-0.3, -0.25) is 0 Å². The Morgan fingerprint density at radius 1 is 1.10 bits per heavy atom. The topological polar surface area (TPSA) is 57.6 Å². The molecule has 0 aliphatic rings. The average molecular weight is 326 g/mol. The largest absolute Gasteiger partial charge is 0.508 e. The minimum absolute atomic E-state index is 0.0238. The summed E-state index contributed by atoms with van der Waals surface area (Å²) >= 11 is 6.13. The Balaban J connectivity index is 2.36. The molecule has 0 saturated carbocycles.